The van der Waals surface area contributed by atoms with Crippen molar-refractivity contribution >= 4 is 23.0 Å². The highest BCUT2D eigenvalue weighted by Crippen LogP contribution is 2.28. The molecule has 2 aromatic rings. The third kappa shape index (κ3) is 3.38. The van der Waals surface area contributed by atoms with Gasteiger partial charge in [0.2, 0.25) is 0 Å². The minimum absolute atomic E-state index is 0.107. The van der Waals surface area contributed by atoms with Crippen LogP contribution in [0.15, 0.2) is 30.6 Å². The molecule has 2 rings (SSSR count). The van der Waals surface area contributed by atoms with E-state index in [1.54, 1.807) is 0 Å². The van der Waals surface area contributed by atoms with Gasteiger partial charge in [0.1, 0.15) is 5.75 Å². The Morgan fingerprint density at radius 3 is 2.76 bits per heavy atom. The fourth-order valence-corrected chi connectivity index (χ4v) is 2.56. The standard InChI is InChI=1S/C12H11N3O5S/c1-21(20)7-8-4-10(15(18)19)2-3-11(8)9-5-13-14(6-9)12(16)17/h2-6H,7H2,1H3,(H,16,17). The van der Waals surface area contributed by atoms with Gasteiger partial charge < -0.3 is 9.66 Å². The number of aromatic nitrogens is 2. The van der Waals surface area contributed by atoms with Crippen molar-refractivity contribution in [2.24, 2.45) is 0 Å². The fourth-order valence-electron chi connectivity index (χ4n) is 1.88. The minimum Gasteiger partial charge on any atom is -0.616 e. The first-order chi connectivity index (χ1) is 9.88. The topological polar surface area (TPSA) is 121 Å². The van der Waals surface area contributed by atoms with Crippen molar-refractivity contribution in [2.45, 2.75) is 5.75 Å². The zero-order valence-electron chi connectivity index (χ0n) is 10.9. The Morgan fingerprint density at radius 2 is 2.24 bits per heavy atom. The van der Waals surface area contributed by atoms with Crippen molar-refractivity contribution in [3.05, 3.63) is 46.3 Å². The van der Waals surface area contributed by atoms with Gasteiger partial charge in [0.15, 0.2) is 0 Å². The summed E-state index contributed by atoms with van der Waals surface area (Å²) in [7, 11) is 0. The second-order valence-corrected chi connectivity index (χ2v) is 5.71. The van der Waals surface area contributed by atoms with E-state index < -0.39 is 22.2 Å². The molecule has 1 aromatic heterocycles. The lowest BCUT2D eigenvalue weighted by Crippen LogP contribution is -2.07. The van der Waals surface area contributed by atoms with Crippen LogP contribution in [0.3, 0.4) is 0 Å². The zero-order valence-corrected chi connectivity index (χ0v) is 11.7. The molecule has 1 heterocycles. The predicted octanol–water partition coefficient (Wildman–Crippen LogP) is 1.86. The Kier molecular flexibility index (Phi) is 4.24. The van der Waals surface area contributed by atoms with Crippen LogP contribution in [0, 0.1) is 10.1 Å². The van der Waals surface area contributed by atoms with Gasteiger partial charge in [-0.25, -0.2) is 4.79 Å². The third-order valence-corrected chi connectivity index (χ3v) is 3.47. The molecule has 0 radical (unpaired) electrons. The minimum atomic E-state index is -1.23. The van der Waals surface area contributed by atoms with Gasteiger partial charge in [-0.3, -0.25) is 10.1 Å². The lowest BCUT2D eigenvalue weighted by molar-refractivity contribution is -0.384. The Balaban J connectivity index is 2.50. The maximum Gasteiger partial charge on any atom is 0.432 e. The van der Waals surface area contributed by atoms with Crippen LogP contribution in [0.2, 0.25) is 0 Å². The van der Waals surface area contributed by atoms with Gasteiger partial charge in [0.25, 0.3) is 5.69 Å². The van der Waals surface area contributed by atoms with Crippen LogP contribution in [0.1, 0.15) is 5.56 Å². The molecule has 0 saturated heterocycles. The molecular formula is C12H11N3O5S. The molecule has 0 aliphatic rings. The molecule has 1 unspecified atom stereocenters. The van der Waals surface area contributed by atoms with E-state index in [1.165, 1.54) is 36.8 Å². The Bertz CT molecular complexity index is 698. The summed E-state index contributed by atoms with van der Waals surface area (Å²) >= 11 is -1.19. The number of carbonyl (C=O) groups is 1. The van der Waals surface area contributed by atoms with Crippen LogP contribution in [0.4, 0.5) is 10.5 Å². The number of nitro groups is 1. The average molecular weight is 309 g/mol. The summed E-state index contributed by atoms with van der Waals surface area (Å²) in [5.74, 6) is 0.134. The summed E-state index contributed by atoms with van der Waals surface area (Å²) in [6.45, 7) is 0. The van der Waals surface area contributed by atoms with E-state index in [1.807, 2.05) is 0 Å². The van der Waals surface area contributed by atoms with Crippen molar-refractivity contribution in [2.75, 3.05) is 6.26 Å². The van der Waals surface area contributed by atoms with E-state index in [-0.39, 0.29) is 11.4 Å². The molecular weight excluding hydrogens is 298 g/mol. The average Bonchev–Trinajstić information content (AvgIpc) is 2.87. The molecule has 0 bridgehead atoms. The molecule has 9 heteroatoms. The Morgan fingerprint density at radius 1 is 1.52 bits per heavy atom. The van der Waals surface area contributed by atoms with Gasteiger partial charge in [-0.2, -0.15) is 9.78 Å². The van der Waals surface area contributed by atoms with Gasteiger partial charge in [0, 0.05) is 29.5 Å². The number of nitro benzene ring substituents is 1. The second kappa shape index (κ2) is 5.94. The number of benzene rings is 1. The van der Waals surface area contributed by atoms with Crippen molar-refractivity contribution < 1.29 is 19.4 Å². The van der Waals surface area contributed by atoms with Gasteiger partial charge in [0.05, 0.1) is 17.4 Å². The van der Waals surface area contributed by atoms with E-state index in [0.717, 1.165) is 4.68 Å². The molecule has 0 saturated carbocycles. The molecule has 1 aromatic carbocycles. The first-order valence-corrected chi connectivity index (χ1v) is 7.47. The largest absolute Gasteiger partial charge is 0.616 e. The van der Waals surface area contributed by atoms with Crippen molar-refractivity contribution in [3.63, 3.8) is 0 Å². The highest BCUT2D eigenvalue weighted by molar-refractivity contribution is 7.89. The maximum absolute atomic E-state index is 11.4. The van der Waals surface area contributed by atoms with Crippen molar-refractivity contribution in [1.29, 1.82) is 0 Å². The normalized spacial score (nSPS) is 12.1. The van der Waals surface area contributed by atoms with Crippen LogP contribution in [-0.4, -0.2) is 36.7 Å². The molecule has 21 heavy (non-hydrogen) atoms. The number of nitrogens with zero attached hydrogens (tertiary/aromatic N) is 3. The summed E-state index contributed by atoms with van der Waals surface area (Å²) in [6.07, 6.45) is 2.90. The van der Waals surface area contributed by atoms with E-state index in [4.69, 9.17) is 5.11 Å². The van der Waals surface area contributed by atoms with Gasteiger partial charge >= 0.3 is 6.09 Å². The molecule has 1 atom stereocenters. The van der Waals surface area contributed by atoms with E-state index in [0.29, 0.717) is 16.7 Å². The first-order valence-electron chi connectivity index (χ1n) is 5.74. The second-order valence-electron chi connectivity index (χ2n) is 4.27. The molecule has 8 nitrogen and oxygen atoms in total. The summed E-state index contributed by atoms with van der Waals surface area (Å²) < 4.78 is 12.2. The summed E-state index contributed by atoms with van der Waals surface area (Å²) in [4.78, 5) is 21.1. The van der Waals surface area contributed by atoms with Crippen LogP contribution >= 0.6 is 0 Å². The predicted molar refractivity (Wildman–Crippen MR) is 75.5 cm³/mol. The van der Waals surface area contributed by atoms with E-state index in [9.17, 15) is 19.5 Å². The Hall–Kier alpha value is -2.39. The van der Waals surface area contributed by atoms with Crippen LogP contribution in [0.25, 0.3) is 11.1 Å². The Labute approximate surface area is 122 Å². The molecule has 0 amide bonds. The third-order valence-electron chi connectivity index (χ3n) is 2.75. The lowest BCUT2D eigenvalue weighted by atomic mass is 10.0. The summed E-state index contributed by atoms with van der Waals surface area (Å²) in [5, 5.41) is 23.3. The molecule has 1 N–H and O–H groups in total. The van der Waals surface area contributed by atoms with Crippen molar-refractivity contribution in [1.82, 2.24) is 9.78 Å². The highest BCUT2D eigenvalue weighted by Gasteiger charge is 2.17. The number of hydrogen-bond acceptors (Lipinski definition) is 5. The summed E-state index contributed by atoms with van der Waals surface area (Å²) in [5.41, 5.74) is 1.47. The molecule has 0 aliphatic heterocycles. The smallest absolute Gasteiger partial charge is 0.432 e. The molecule has 110 valence electrons. The molecule has 0 fully saturated rings. The van der Waals surface area contributed by atoms with E-state index in [2.05, 4.69) is 5.10 Å². The first kappa shape index (κ1) is 15.0. The molecule has 0 aliphatic carbocycles. The number of hydrogen-bond donors (Lipinski definition) is 1. The quantitative estimate of drug-likeness (QED) is 0.522. The van der Waals surface area contributed by atoms with Gasteiger partial charge in [-0.15, -0.1) is 0 Å². The number of carboxylic acid groups (broad SMARTS) is 1. The number of rotatable bonds is 4. The van der Waals surface area contributed by atoms with E-state index >= 15 is 0 Å². The SMILES string of the molecule is C[S+]([O-])Cc1cc([N+](=O)[O-])ccc1-c1cnn(C(=O)O)c1. The highest BCUT2D eigenvalue weighted by atomic mass is 32.2. The molecule has 0 spiro atoms. The van der Waals surface area contributed by atoms with Crippen molar-refractivity contribution in [3.8, 4) is 11.1 Å². The maximum atomic E-state index is 11.4. The van der Waals surface area contributed by atoms with Crippen LogP contribution in [0.5, 0.6) is 0 Å². The monoisotopic (exact) mass is 309 g/mol. The fraction of sp³-hybridized carbons (Fsp3) is 0.167. The lowest BCUT2D eigenvalue weighted by Gasteiger charge is -2.09. The van der Waals surface area contributed by atoms with Gasteiger partial charge in [-0.05, 0) is 11.6 Å². The van der Waals surface area contributed by atoms with Crippen LogP contribution in [-0.2, 0) is 16.9 Å². The zero-order chi connectivity index (χ0) is 15.6. The van der Waals surface area contributed by atoms with Crippen LogP contribution < -0.4 is 0 Å². The number of non-ortho nitro benzene ring substituents is 1. The summed E-state index contributed by atoms with van der Waals surface area (Å²) in [6, 6.07) is 4.16. The van der Waals surface area contributed by atoms with Gasteiger partial charge in [-0.1, -0.05) is 11.2 Å².